The first-order chi connectivity index (χ1) is 7.63. The van der Waals surface area contributed by atoms with E-state index in [9.17, 15) is 4.79 Å². The minimum atomic E-state index is 0.0329. The number of aryl methyl sites for hydroxylation is 1. The van der Waals surface area contributed by atoms with Gasteiger partial charge in [0.25, 0.3) is 0 Å². The predicted octanol–water partition coefficient (Wildman–Crippen LogP) is 3.04. The summed E-state index contributed by atoms with van der Waals surface area (Å²) in [7, 11) is 0. The topological polar surface area (TPSA) is 20.3 Å². The average molecular weight is 213 g/mol. The molecule has 1 aliphatic rings. The van der Waals surface area contributed by atoms with Crippen molar-refractivity contribution in [1.29, 1.82) is 0 Å². The van der Waals surface area contributed by atoms with Crippen LogP contribution in [0.25, 0.3) is 0 Å². The van der Waals surface area contributed by atoms with Gasteiger partial charge in [-0.15, -0.1) is 5.73 Å². The zero-order valence-corrected chi connectivity index (χ0v) is 9.66. The average Bonchev–Trinajstić information content (AvgIpc) is 2.57. The van der Waals surface area contributed by atoms with Gasteiger partial charge in [0, 0.05) is 18.0 Å². The third kappa shape index (κ3) is 1.68. The number of carbonyl (C=O) groups excluding carboxylic acids is 1. The fraction of sp³-hybridized carbons (Fsp3) is 0.286. The van der Waals surface area contributed by atoms with Crippen molar-refractivity contribution in [1.82, 2.24) is 0 Å². The van der Waals surface area contributed by atoms with Crippen molar-refractivity contribution in [2.45, 2.75) is 20.3 Å². The first-order valence-corrected chi connectivity index (χ1v) is 5.43. The highest BCUT2D eigenvalue weighted by molar-refractivity contribution is 6.00. The van der Waals surface area contributed by atoms with Crippen molar-refractivity contribution >= 4 is 11.6 Å². The standard InChI is InChI=1S/C14H15NO/c1-4-12-9-11(3)14(16)15(12)13-7-5-10(2)6-8-13/h5-8,11H,1,9H2,2-3H3. The maximum atomic E-state index is 12.0. The van der Waals surface area contributed by atoms with Gasteiger partial charge in [-0.3, -0.25) is 9.69 Å². The van der Waals surface area contributed by atoms with E-state index in [1.807, 2.05) is 38.1 Å². The molecule has 1 aliphatic heterocycles. The van der Waals surface area contributed by atoms with Gasteiger partial charge in [0.1, 0.15) is 0 Å². The van der Waals surface area contributed by atoms with E-state index < -0.39 is 0 Å². The van der Waals surface area contributed by atoms with Gasteiger partial charge < -0.3 is 0 Å². The van der Waals surface area contributed by atoms with Gasteiger partial charge in [-0.05, 0) is 19.1 Å². The van der Waals surface area contributed by atoms with Crippen LogP contribution in [0.3, 0.4) is 0 Å². The van der Waals surface area contributed by atoms with E-state index >= 15 is 0 Å². The van der Waals surface area contributed by atoms with Gasteiger partial charge in [0.2, 0.25) is 5.91 Å². The van der Waals surface area contributed by atoms with E-state index in [1.54, 1.807) is 4.90 Å². The summed E-state index contributed by atoms with van der Waals surface area (Å²) in [5.74, 6) is 0.167. The van der Waals surface area contributed by atoms with Crippen LogP contribution in [0, 0.1) is 12.8 Å². The molecule has 1 heterocycles. The summed E-state index contributed by atoms with van der Waals surface area (Å²) in [5.41, 5.74) is 5.83. The number of rotatable bonds is 1. The largest absolute Gasteiger partial charge is 0.277 e. The maximum absolute atomic E-state index is 12.0. The Hall–Kier alpha value is -1.79. The van der Waals surface area contributed by atoms with Gasteiger partial charge in [0.05, 0.1) is 5.70 Å². The van der Waals surface area contributed by atoms with Gasteiger partial charge >= 0.3 is 0 Å². The predicted molar refractivity (Wildman–Crippen MR) is 65.1 cm³/mol. The van der Waals surface area contributed by atoms with Crippen LogP contribution in [0.15, 0.2) is 42.3 Å². The van der Waals surface area contributed by atoms with Crippen LogP contribution < -0.4 is 4.90 Å². The first-order valence-electron chi connectivity index (χ1n) is 5.43. The molecule has 0 spiro atoms. The van der Waals surface area contributed by atoms with Crippen molar-refractivity contribution < 1.29 is 4.79 Å². The fourth-order valence-electron chi connectivity index (χ4n) is 1.95. The van der Waals surface area contributed by atoms with E-state index in [-0.39, 0.29) is 11.8 Å². The fourth-order valence-corrected chi connectivity index (χ4v) is 1.95. The molecule has 16 heavy (non-hydrogen) atoms. The molecule has 0 aromatic heterocycles. The Morgan fingerprint density at radius 2 is 2.00 bits per heavy atom. The summed E-state index contributed by atoms with van der Waals surface area (Å²) in [6.07, 6.45) is 0.732. The normalized spacial score (nSPS) is 20.1. The minimum absolute atomic E-state index is 0.0329. The third-order valence-electron chi connectivity index (χ3n) is 2.91. The zero-order valence-electron chi connectivity index (χ0n) is 9.66. The number of hydrogen-bond acceptors (Lipinski definition) is 1. The van der Waals surface area contributed by atoms with Crippen LogP contribution in [-0.2, 0) is 4.79 Å². The second-order valence-electron chi connectivity index (χ2n) is 4.24. The van der Waals surface area contributed by atoms with Crippen LogP contribution in [-0.4, -0.2) is 5.91 Å². The number of carbonyl (C=O) groups is 1. The monoisotopic (exact) mass is 213 g/mol. The molecule has 82 valence electrons. The molecular formula is C14H15NO. The molecule has 2 rings (SSSR count). The molecule has 1 amide bonds. The van der Waals surface area contributed by atoms with Crippen LogP contribution in [0.1, 0.15) is 18.9 Å². The SMILES string of the molecule is C=C=C1CC(C)C(=O)N1c1ccc(C)cc1. The van der Waals surface area contributed by atoms with Crippen LogP contribution in [0.4, 0.5) is 5.69 Å². The van der Waals surface area contributed by atoms with E-state index in [4.69, 9.17) is 0 Å². The summed E-state index contributed by atoms with van der Waals surface area (Å²) < 4.78 is 0. The van der Waals surface area contributed by atoms with Crippen molar-refractivity contribution in [3.8, 4) is 0 Å². The number of nitrogens with zero attached hydrogens (tertiary/aromatic N) is 1. The summed E-state index contributed by atoms with van der Waals surface area (Å²) in [4.78, 5) is 13.7. The van der Waals surface area contributed by atoms with Crippen LogP contribution in [0.2, 0.25) is 0 Å². The second kappa shape index (κ2) is 3.99. The molecule has 1 unspecified atom stereocenters. The van der Waals surface area contributed by atoms with Crippen LogP contribution >= 0.6 is 0 Å². The minimum Gasteiger partial charge on any atom is -0.277 e. The van der Waals surface area contributed by atoms with E-state index in [2.05, 4.69) is 12.3 Å². The molecule has 2 heteroatoms. The smallest absolute Gasteiger partial charge is 0.235 e. The molecule has 1 aromatic rings. The lowest BCUT2D eigenvalue weighted by Crippen LogP contribution is -2.24. The lowest BCUT2D eigenvalue weighted by Gasteiger charge is -2.17. The number of amides is 1. The van der Waals surface area contributed by atoms with Crippen LogP contribution in [0.5, 0.6) is 0 Å². The quantitative estimate of drug-likeness (QED) is 0.657. The summed E-state index contributed by atoms with van der Waals surface area (Å²) in [6, 6.07) is 7.93. The molecule has 0 N–H and O–H groups in total. The Bertz CT molecular complexity index is 466. The molecule has 0 aliphatic carbocycles. The van der Waals surface area contributed by atoms with Crippen molar-refractivity contribution in [3.05, 3.63) is 47.8 Å². The first kappa shape index (κ1) is 10.7. The van der Waals surface area contributed by atoms with E-state index in [1.165, 1.54) is 5.56 Å². The highest BCUT2D eigenvalue weighted by atomic mass is 16.2. The van der Waals surface area contributed by atoms with E-state index in [0.717, 1.165) is 17.8 Å². The third-order valence-corrected chi connectivity index (χ3v) is 2.91. The maximum Gasteiger partial charge on any atom is 0.235 e. The molecule has 1 fully saturated rings. The molecule has 1 saturated heterocycles. The van der Waals surface area contributed by atoms with E-state index in [0.29, 0.717) is 0 Å². The highest BCUT2D eigenvalue weighted by Crippen LogP contribution is 2.32. The molecule has 1 atom stereocenters. The summed E-state index contributed by atoms with van der Waals surface area (Å²) in [6.45, 7) is 7.62. The molecule has 0 bridgehead atoms. The Morgan fingerprint density at radius 1 is 1.38 bits per heavy atom. The lowest BCUT2D eigenvalue weighted by molar-refractivity contribution is -0.119. The summed E-state index contributed by atoms with van der Waals surface area (Å²) >= 11 is 0. The number of allylic oxidation sites excluding steroid dienone is 1. The molecule has 1 aromatic carbocycles. The number of benzene rings is 1. The number of hydrogen-bond donors (Lipinski definition) is 0. The van der Waals surface area contributed by atoms with Gasteiger partial charge in [0.15, 0.2) is 0 Å². The molecular weight excluding hydrogens is 198 g/mol. The molecule has 0 radical (unpaired) electrons. The van der Waals surface area contributed by atoms with Gasteiger partial charge in [-0.25, -0.2) is 0 Å². The molecule has 0 saturated carbocycles. The van der Waals surface area contributed by atoms with Crippen molar-refractivity contribution in [3.63, 3.8) is 0 Å². The second-order valence-corrected chi connectivity index (χ2v) is 4.24. The summed E-state index contributed by atoms with van der Waals surface area (Å²) in [5, 5.41) is 0. The Labute approximate surface area is 95.9 Å². The lowest BCUT2D eigenvalue weighted by atomic mass is 10.1. The highest BCUT2D eigenvalue weighted by Gasteiger charge is 2.33. The zero-order chi connectivity index (χ0) is 11.7. The Balaban J connectivity index is 2.43. The van der Waals surface area contributed by atoms with Crippen molar-refractivity contribution in [2.75, 3.05) is 4.90 Å². The van der Waals surface area contributed by atoms with Crippen molar-refractivity contribution in [2.24, 2.45) is 5.92 Å². The van der Waals surface area contributed by atoms with Gasteiger partial charge in [-0.1, -0.05) is 31.2 Å². The number of anilines is 1. The van der Waals surface area contributed by atoms with Gasteiger partial charge in [-0.2, -0.15) is 0 Å². The Kier molecular flexibility index (Phi) is 2.67. The Morgan fingerprint density at radius 3 is 2.56 bits per heavy atom. The molecule has 2 nitrogen and oxygen atoms in total.